The third-order valence-electron chi connectivity index (χ3n) is 5.35. The lowest BCUT2D eigenvalue weighted by Gasteiger charge is -2.14. The van der Waals surface area contributed by atoms with Crippen LogP contribution in [0, 0.1) is 17.1 Å². The van der Waals surface area contributed by atoms with E-state index in [1.165, 1.54) is 41.0 Å². The summed E-state index contributed by atoms with van der Waals surface area (Å²) in [5.41, 5.74) is 0.982. The van der Waals surface area contributed by atoms with Crippen LogP contribution in [0.25, 0.3) is 28.0 Å². The van der Waals surface area contributed by atoms with E-state index < -0.39 is 41.8 Å². The van der Waals surface area contributed by atoms with E-state index in [1.807, 2.05) is 10.8 Å². The van der Waals surface area contributed by atoms with Crippen molar-refractivity contribution in [1.82, 2.24) is 14.3 Å². The van der Waals surface area contributed by atoms with E-state index in [0.717, 1.165) is 24.4 Å². The van der Waals surface area contributed by atoms with E-state index in [4.69, 9.17) is 0 Å². The Balaban J connectivity index is 1.91. The Hall–Kier alpha value is -4.02. The first-order valence-corrected chi connectivity index (χ1v) is 12.1. The van der Waals surface area contributed by atoms with Gasteiger partial charge in [-0.1, -0.05) is 0 Å². The van der Waals surface area contributed by atoms with Gasteiger partial charge in [-0.15, -0.1) is 0 Å². The first kappa shape index (κ1) is 26.1. The Bertz CT molecular complexity index is 1560. The van der Waals surface area contributed by atoms with Crippen LogP contribution in [-0.4, -0.2) is 44.0 Å². The number of benzene rings is 2. The maximum absolute atomic E-state index is 13.6. The number of halogens is 5. The number of nitrogens with zero attached hydrogens (tertiary/aromatic N) is 3. The zero-order chi connectivity index (χ0) is 26.7. The van der Waals surface area contributed by atoms with E-state index in [-0.39, 0.29) is 33.1 Å². The Kier molecular flexibility index (Phi) is 7.42. The fraction of sp³-hybridized carbons (Fsp3) is 0.167. The second-order valence-corrected chi connectivity index (χ2v) is 9.42. The predicted octanol–water partition coefficient (Wildman–Crippen LogP) is 4.89. The zero-order valence-corrected chi connectivity index (χ0v) is 19.5. The standard InChI is InChI=1S/C24H17F5N4O3S/c25-10-15(11-26)32-37(34,35)18-6-8-21(31-13-18)23-20(12-30)19-7-5-17(36-24(28)29)9-22(19)33(23)16-3-1-14(27)2-4-16/h1-9,13,15,24,32H,10-11H2. The summed E-state index contributed by atoms with van der Waals surface area (Å²) in [6.07, 6.45) is 0.949. The topological polar surface area (TPSA) is 97.0 Å². The molecule has 0 aliphatic heterocycles. The highest BCUT2D eigenvalue weighted by atomic mass is 32.2. The molecule has 0 spiro atoms. The molecule has 0 atom stereocenters. The maximum Gasteiger partial charge on any atom is 0.387 e. The van der Waals surface area contributed by atoms with Gasteiger partial charge in [0.1, 0.15) is 35.9 Å². The van der Waals surface area contributed by atoms with Crippen molar-refractivity contribution in [2.75, 3.05) is 13.3 Å². The predicted molar refractivity (Wildman–Crippen MR) is 124 cm³/mol. The molecule has 7 nitrogen and oxygen atoms in total. The van der Waals surface area contributed by atoms with Gasteiger partial charge < -0.3 is 9.30 Å². The summed E-state index contributed by atoms with van der Waals surface area (Å²) in [5.74, 6) is -0.723. The number of aromatic nitrogens is 2. The number of fused-ring (bicyclic) bond motifs is 1. The van der Waals surface area contributed by atoms with Gasteiger partial charge in [0.15, 0.2) is 0 Å². The van der Waals surface area contributed by atoms with Gasteiger partial charge in [0.05, 0.1) is 28.5 Å². The van der Waals surface area contributed by atoms with Gasteiger partial charge in [-0.2, -0.15) is 14.0 Å². The first-order valence-electron chi connectivity index (χ1n) is 10.6. The molecule has 37 heavy (non-hydrogen) atoms. The molecule has 4 rings (SSSR count). The lowest BCUT2D eigenvalue weighted by atomic mass is 10.1. The molecule has 0 amide bonds. The molecule has 2 heterocycles. The SMILES string of the molecule is N#Cc1c(-c2ccc(S(=O)(=O)NC(CF)CF)cn2)n(-c2ccc(F)cc2)c2cc(OC(F)F)ccc12. The van der Waals surface area contributed by atoms with Crippen LogP contribution in [0.15, 0.2) is 65.7 Å². The number of hydrogen-bond acceptors (Lipinski definition) is 5. The molecule has 0 fully saturated rings. The minimum Gasteiger partial charge on any atom is -0.435 e. The normalized spacial score (nSPS) is 11.8. The Morgan fingerprint density at radius 2 is 1.76 bits per heavy atom. The van der Waals surface area contributed by atoms with E-state index >= 15 is 0 Å². The van der Waals surface area contributed by atoms with Crippen molar-refractivity contribution in [3.8, 4) is 28.9 Å². The second kappa shape index (κ2) is 10.5. The first-order chi connectivity index (χ1) is 17.7. The Morgan fingerprint density at radius 1 is 1.05 bits per heavy atom. The van der Waals surface area contributed by atoms with Crippen LogP contribution in [0.5, 0.6) is 5.75 Å². The van der Waals surface area contributed by atoms with Crippen molar-refractivity contribution in [3.05, 3.63) is 72.2 Å². The highest BCUT2D eigenvalue weighted by Gasteiger charge is 2.24. The van der Waals surface area contributed by atoms with E-state index in [0.29, 0.717) is 11.1 Å². The highest BCUT2D eigenvalue weighted by molar-refractivity contribution is 7.89. The third-order valence-corrected chi connectivity index (χ3v) is 6.85. The number of alkyl halides is 4. The lowest BCUT2D eigenvalue weighted by Crippen LogP contribution is -2.37. The molecule has 0 bridgehead atoms. The molecular formula is C24H17F5N4O3S. The van der Waals surface area contributed by atoms with Crippen LogP contribution in [0.3, 0.4) is 0 Å². The van der Waals surface area contributed by atoms with Crippen LogP contribution < -0.4 is 9.46 Å². The van der Waals surface area contributed by atoms with Crippen LogP contribution >= 0.6 is 0 Å². The Labute approximate surface area is 207 Å². The number of ether oxygens (including phenoxy) is 1. The van der Waals surface area contributed by atoms with Gasteiger partial charge in [-0.25, -0.2) is 26.3 Å². The summed E-state index contributed by atoms with van der Waals surface area (Å²) in [6.45, 7) is -5.59. The van der Waals surface area contributed by atoms with Crippen molar-refractivity contribution in [2.24, 2.45) is 0 Å². The fourth-order valence-electron chi connectivity index (χ4n) is 3.73. The average Bonchev–Trinajstić information content (AvgIpc) is 3.21. The van der Waals surface area contributed by atoms with Gasteiger partial charge in [0.25, 0.3) is 0 Å². The van der Waals surface area contributed by atoms with Crippen molar-refractivity contribution >= 4 is 20.9 Å². The summed E-state index contributed by atoms with van der Waals surface area (Å²) in [6, 6.07) is 12.0. The molecule has 13 heteroatoms. The molecular weight excluding hydrogens is 519 g/mol. The van der Waals surface area contributed by atoms with Crippen LogP contribution in [0.1, 0.15) is 5.56 Å². The van der Waals surface area contributed by atoms with Gasteiger partial charge in [0.2, 0.25) is 10.0 Å². The molecule has 0 aliphatic rings. The molecule has 0 unspecified atom stereocenters. The number of sulfonamides is 1. The molecule has 0 saturated carbocycles. The number of pyridine rings is 1. The van der Waals surface area contributed by atoms with Gasteiger partial charge >= 0.3 is 6.61 Å². The van der Waals surface area contributed by atoms with Crippen molar-refractivity contribution < 1.29 is 35.1 Å². The highest BCUT2D eigenvalue weighted by Crippen LogP contribution is 2.37. The number of nitrogens with one attached hydrogen (secondary N) is 1. The lowest BCUT2D eigenvalue weighted by molar-refractivity contribution is -0.0497. The number of hydrogen-bond donors (Lipinski definition) is 1. The number of nitriles is 1. The van der Waals surface area contributed by atoms with E-state index in [1.54, 1.807) is 0 Å². The van der Waals surface area contributed by atoms with Crippen LogP contribution in [0.4, 0.5) is 22.0 Å². The minimum absolute atomic E-state index is 0.0825. The molecule has 2 aromatic heterocycles. The summed E-state index contributed by atoms with van der Waals surface area (Å²) in [4.78, 5) is 3.77. The van der Waals surface area contributed by atoms with Crippen LogP contribution in [-0.2, 0) is 10.0 Å². The summed E-state index contributed by atoms with van der Waals surface area (Å²) in [7, 11) is -4.30. The molecule has 4 aromatic rings. The molecule has 0 saturated heterocycles. The quantitative estimate of drug-likeness (QED) is 0.307. The van der Waals surface area contributed by atoms with Crippen molar-refractivity contribution in [2.45, 2.75) is 17.5 Å². The summed E-state index contributed by atoms with van der Waals surface area (Å²) < 4.78 is 97.7. The molecule has 0 aliphatic carbocycles. The Morgan fingerprint density at radius 3 is 2.32 bits per heavy atom. The smallest absolute Gasteiger partial charge is 0.387 e. The van der Waals surface area contributed by atoms with E-state index in [2.05, 4.69) is 9.72 Å². The zero-order valence-electron chi connectivity index (χ0n) is 18.7. The molecule has 1 N–H and O–H groups in total. The van der Waals surface area contributed by atoms with Gasteiger partial charge in [-0.3, -0.25) is 4.98 Å². The minimum atomic E-state index is -4.30. The molecule has 0 radical (unpaired) electrons. The van der Waals surface area contributed by atoms with Crippen molar-refractivity contribution in [3.63, 3.8) is 0 Å². The van der Waals surface area contributed by atoms with E-state index in [9.17, 15) is 35.6 Å². The monoisotopic (exact) mass is 536 g/mol. The maximum atomic E-state index is 13.6. The fourth-order valence-corrected chi connectivity index (χ4v) is 4.87. The van der Waals surface area contributed by atoms with Gasteiger partial charge in [-0.05, 0) is 48.5 Å². The number of rotatable bonds is 9. The summed E-state index contributed by atoms with van der Waals surface area (Å²) in [5, 5.41) is 10.3. The average molecular weight is 536 g/mol. The summed E-state index contributed by atoms with van der Waals surface area (Å²) >= 11 is 0. The van der Waals surface area contributed by atoms with Crippen LogP contribution in [0.2, 0.25) is 0 Å². The third kappa shape index (κ3) is 5.25. The van der Waals surface area contributed by atoms with Gasteiger partial charge in [0, 0.05) is 23.3 Å². The molecule has 2 aromatic carbocycles. The second-order valence-electron chi connectivity index (χ2n) is 7.71. The molecule has 192 valence electrons. The largest absolute Gasteiger partial charge is 0.435 e. The van der Waals surface area contributed by atoms with Crippen molar-refractivity contribution in [1.29, 1.82) is 5.26 Å².